The van der Waals surface area contributed by atoms with Gasteiger partial charge in [0.05, 0.1) is 26.7 Å². The minimum absolute atomic E-state index is 0.743. The number of rotatable bonds is 6. The normalized spacial score (nSPS) is 10.8. The molecule has 0 amide bonds. The lowest BCUT2D eigenvalue weighted by Gasteiger charge is -2.14. The van der Waals surface area contributed by atoms with Crippen LogP contribution < -0.4 is 18.8 Å². The summed E-state index contributed by atoms with van der Waals surface area (Å²) in [4.78, 5) is 0. The Morgan fingerprint density at radius 2 is 1.46 bits per heavy atom. The molecular weight excluding hydrogens is 326 g/mol. The molecule has 0 saturated carbocycles. The van der Waals surface area contributed by atoms with Crippen molar-refractivity contribution >= 4 is 10.8 Å². The largest absolute Gasteiger partial charge is 0.497 e. The first kappa shape index (κ1) is 18.1. The van der Waals surface area contributed by atoms with Crippen molar-refractivity contribution in [3.05, 3.63) is 53.9 Å². The van der Waals surface area contributed by atoms with E-state index < -0.39 is 0 Å². The van der Waals surface area contributed by atoms with Crippen molar-refractivity contribution in [2.45, 2.75) is 26.7 Å². The first-order chi connectivity index (χ1) is 12.7. The Kier molecular flexibility index (Phi) is 5.31. The molecule has 3 rings (SSSR count). The van der Waals surface area contributed by atoms with Gasteiger partial charge in [-0.2, -0.15) is 4.57 Å². The molecule has 0 radical (unpaired) electrons. The zero-order valence-corrected chi connectivity index (χ0v) is 16.1. The Morgan fingerprint density at radius 3 is 2.00 bits per heavy atom. The molecule has 4 nitrogen and oxygen atoms in total. The molecule has 0 fully saturated rings. The number of nitrogens with zero attached hydrogens (tertiary/aromatic N) is 1. The molecule has 4 heteroatoms. The number of fused-ring (bicyclic) bond motifs is 1. The highest BCUT2D eigenvalue weighted by atomic mass is 16.5. The van der Waals surface area contributed by atoms with E-state index in [1.54, 1.807) is 21.3 Å². The van der Waals surface area contributed by atoms with Crippen molar-refractivity contribution in [1.82, 2.24) is 0 Å². The number of aromatic nitrogens is 1. The maximum Gasteiger partial charge on any atom is 0.211 e. The lowest BCUT2D eigenvalue weighted by Crippen LogP contribution is -2.36. The van der Waals surface area contributed by atoms with Crippen LogP contribution in [-0.4, -0.2) is 21.3 Å². The van der Waals surface area contributed by atoms with Gasteiger partial charge in [-0.1, -0.05) is 13.8 Å². The standard InChI is InChI=1S/C22H26NO3/c1-6-18-19-13-22(26-5)21(25-4)12-15(19)14-23(20(18)7-2)16-8-10-17(24-3)11-9-16/h8-14H,6-7H2,1-5H3/q+1. The van der Waals surface area contributed by atoms with Crippen LogP contribution in [0.1, 0.15) is 25.1 Å². The predicted molar refractivity (Wildman–Crippen MR) is 104 cm³/mol. The summed E-state index contributed by atoms with van der Waals surface area (Å²) < 4.78 is 18.6. The average Bonchev–Trinajstić information content (AvgIpc) is 2.71. The molecule has 0 saturated heterocycles. The van der Waals surface area contributed by atoms with Crippen molar-refractivity contribution in [3.8, 4) is 22.9 Å². The Balaban J connectivity index is 2.31. The zero-order chi connectivity index (χ0) is 18.7. The molecule has 136 valence electrons. The Bertz CT molecular complexity index is 917. The zero-order valence-electron chi connectivity index (χ0n) is 16.1. The monoisotopic (exact) mass is 352 g/mol. The van der Waals surface area contributed by atoms with Gasteiger partial charge in [0.1, 0.15) is 5.75 Å². The molecule has 3 aromatic rings. The van der Waals surface area contributed by atoms with Crippen molar-refractivity contribution < 1.29 is 18.8 Å². The fraction of sp³-hybridized carbons (Fsp3) is 0.318. The van der Waals surface area contributed by atoms with Gasteiger partial charge in [-0.25, -0.2) is 0 Å². The van der Waals surface area contributed by atoms with E-state index in [0.29, 0.717) is 0 Å². The first-order valence-corrected chi connectivity index (χ1v) is 8.93. The maximum atomic E-state index is 5.51. The van der Waals surface area contributed by atoms with Gasteiger partial charge >= 0.3 is 0 Å². The van der Waals surface area contributed by atoms with Crippen LogP contribution in [0.5, 0.6) is 17.2 Å². The van der Waals surface area contributed by atoms with E-state index in [1.807, 2.05) is 18.2 Å². The minimum Gasteiger partial charge on any atom is -0.497 e. The Hall–Kier alpha value is -2.75. The maximum absolute atomic E-state index is 5.51. The molecule has 0 aliphatic heterocycles. The molecule has 0 unspecified atom stereocenters. The third kappa shape index (κ3) is 3.07. The number of benzene rings is 2. The summed E-state index contributed by atoms with van der Waals surface area (Å²) in [7, 11) is 5.03. The fourth-order valence-electron chi connectivity index (χ4n) is 3.53. The molecular formula is C22H26NO3+. The van der Waals surface area contributed by atoms with Crippen LogP contribution in [0, 0.1) is 0 Å². The van der Waals surface area contributed by atoms with E-state index in [4.69, 9.17) is 14.2 Å². The van der Waals surface area contributed by atoms with Gasteiger partial charge in [-0.15, -0.1) is 0 Å². The van der Waals surface area contributed by atoms with Gasteiger partial charge in [-0.3, -0.25) is 0 Å². The van der Waals surface area contributed by atoms with Crippen LogP contribution in [0.15, 0.2) is 42.6 Å². The quantitative estimate of drug-likeness (QED) is 0.621. The van der Waals surface area contributed by atoms with Gasteiger partial charge in [-0.05, 0) is 30.7 Å². The predicted octanol–water partition coefficient (Wildman–Crippen LogP) is 4.27. The minimum atomic E-state index is 0.743. The molecule has 1 heterocycles. The van der Waals surface area contributed by atoms with Crippen LogP contribution >= 0.6 is 0 Å². The van der Waals surface area contributed by atoms with Crippen LogP contribution in [0.2, 0.25) is 0 Å². The van der Waals surface area contributed by atoms with Crippen molar-refractivity contribution in [2.24, 2.45) is 0 Å². The molecule has 0 bridgehead atoms. The number of hydrogen-bond acceptors (Lipinski definition) is 3. The molecule has 1 aromatic heterocycles. The van der Waals surface area contributed by atoms with Crippen LogP contribution in [0.25, 0.3) is 16.5 Å². The molecule has 0 aliphatic carbocycles. The lowest BCUT2D eigenvalue weighted by atomic mass is 9.99. The second-order valence-electron chi connectivity index (χ2n) is 6.12. The summed E-state index contributed by atoms with van der Waals surface area (Å²) >= 11 is 0. The average molecular weight is 352 g/mol. The molecule has 26 heavy (non-hydrogen) atoms. The van der Waals surface area contributed by atoms with Gasteiger partial charge in [0.25, 0.3) is 0 Å². The number of methoxy groups -OCH3 is 3. The van der Waals surface area contributed by atoms with Crippen molar-refractivity contribution in [1.29, 1.82) is 0 Å². The Morgan fingerprint density at radius 1 is 0.808 bits per heavy atom. The van der Waals surface area contributed by atoms with E-state index in [9.17, 15) is 0 Å². The highest BCUT2D eigenvalue weighted by Crippen LogP contribution is 2.34. The molecule has 0 atom stereocenters. The van der Waals surface area contributed by atoms with E-state index >= 15 is 0 Å². The van der Waals surface area contributed by atoms with E-state index in [2.05, 4.69) is 42.8 Å². The first-order valence-electron chi connectivity index (χ1n) is 8.93. The highest BCUT2D eigenvalue weighted by Gasteiger charge is 2.22. The summed E-state index contributed by atoms with van der Waals surface area (Å²) in [6.45, 7) is 4.39. The van der Waals surface area contributed by atoms with Crippen LogP contribution in [0.3, 0.4) is 0 Å². The second-order valence-corrected chi connectivity index (χ2v) is 6.12. The lowest BCUT2D eigenvalue weighted by molar-refractivity contribution is -0.603. The third-order valence-corrected chi connectivity index (χ3v) is 4.83. The SMILES string of the molecule is CCc1c(CC)[n+](-c2ccc(OC)cc2)cc2cc(OC)c(OC)cc12. The smallest absolute Gasteiger partial charge is 0.211 e. The summed E-state index contributed by atoms with van der Waals surface area (Å²) in [6, 6.07) is 12.3. The summed E-state index contributed by atoms with van der Waals surface area (Å²) in [5, 5.41) is 2.35. The summed E-state index contributed by atoms with van der Waals surface area (Å²) in [6.07, 6.45) is 4.07. The number of pyridine rings is 1. The van der Waals surface area contributed by atoms with Gasteiger partial charge in [0.15, 0.2) is 23.4 Å². The molecule has 2 aromatic carbocycles. The summed E-state index contributed by atoms with van der Waals surface area (Å²) in [5.41, 5.74) is 3.76. The van der Waals surface area contributed by atoms with E-state index in [1.165, 1.54) is 16.6 Å². The van der Waals surface area contributed by atoms with Crippen molar-refractivity contribution in [3.63, 3.8) is 0 Å². The van der Waals surface area contributed by atoms with E-state index in [-0.39, 0.29) is 0 Å². The van der Waals surface area contributed by atoms with Crippen molar-refractivity contribution in [2.75, 3.05) is 21.3 Å². The number of ether oxygens (including phenoxy) is 3. The fourth-order valence-corrected chi connectivity index (χ4v) is 3.53. The Labute approximate surface area is 154 Å². The third-order valence-electron chi connectivity index (χ3n) is 4.83. The van der Waals surface area contributed by atoms with Gasteiger partial charge < -0.3 is 14.2 Å². The highest BCUT2D eigenvalue weighted by molar-refractivity contribution is 5.88. The topological polar surface area (TPSA) is 31.6 Å². The molecule has 0 aliphatic rings. The van der Waals surface area contributed by atoms with Gasteiger partial charge in [0, 0.05) is 29.5 Å². The van der Waals surface area contributed by atoms with Gasteiger partial charge in [0.2, 0.25) is 5.69 Å². The summed E-state index contributed by atoms with van der Waals surface area (Å²) in [5.74, 6) is 2.36. The van der Waals surface area contributed by atoms with Crippen LogP contribution in [0.4, 0.5) is 0 Å². The molecule has 0 N–H and O–H groups in total. The van der Waals surface area contributed by atoms with Crippen LogP contribution in [-0.2, 0) is 12.8 Å². The number of aryl methyl sites for hydroxylation is 1. The number of hydrogen-bond donors (Lipinski definition) is 0. The molecule has 0 spiro atoms. The van der Waals surface area contributed by atoms with E-state index in [0.717, 1.165) is 41.2 Å². The second kappa shape index (κ2) is 7.65.